The number of benzene rings is 1. The normalized spacial score (nSPS) is 10.5. The molecule has 0 bridgehead atoms. The number of methoxy groups -OCH3 is 1. The third-order valence-electron chi connectivity index (χ3n) is 2.84. The van der Waals surface area contributed by atoms with Crippen LogP contribution in [-0.2, 0) is 6.54 Å². The van der Waals surface area contributed by atoms with Gasteiger partial charge in [0.1, 0.15) is 17.3 Å². The summed E-state index contributed by atoms with van der Waals surface area (Å²) in [7, 11) is 1.45. The summed E-state index contributed by atoms with van der Waals surface area (Å²) in [6.45, 7) is 4.28. The molecule has 1 aromatic heterocycles. The summed E-state index contributed by atoms with van der Waals surface area (Å²) in [5.41, 5.74) is 1.39. The molecule has 4 nitrogen and oxygen atoms in total. The molecule has 19 heavy (non-hydrogen) atoms. The van der Waals surface area contributed by atoms with Crippen LogP contribution in [0, 0.1) is 12.7 Å². The molecule has 0 aliphatic carbocycles. The molecule has 1 aromatic carbocycles. The Morgan fingerprint density at radius 3 is 2.79 bits per heavy atom. The number of ketones is 1. The van der Waals surface area contributed by atoms with Crippen LogP contribution in [0.2, 0.25) is 0 Å². The van der Waals surface area contributed by atoms with E-state index in [1.54, 1.807) is 10.7 Å². The number of hydrogen-bond acceptors (Lipinski definition) is 3. The number of halogens is 1. The lowest BCUT2D eigenvalue weighted by atomic mass is 10.1. The van der Waals surface area contributed by atoms with Gasteiger partial charge in [0.25, 0.3) is 0 Å². The zero-order chi connectivity index (χ0) is 14.0. The Morgan fingerprint density at radius 1 is 1.42 bits per heavy atom. The third kappa shape index (κ3) is 2.50. The molecule has 0 amide bonds. The van der Waals surface area contributed by atoms with Gasteiger partial charge in [-0.05, 0) is 38.1 Å². The summed E-state index contributed by atoms with van der Waals surface area (Å²) in [6, 6.07) is 5.58. The fourth-order valence-corrected chi connectivity index (χ4v) is 1.96. The Bertz CT molecular complexity index is 620. The van der Waals surface area contributed by atoms with Crippen LogP contribution in [-0.4, -0.2) is 22.7 Å². The van der Waals surface area contributed by atoms with Crippen molar-refractivity contribution in [3.05, 3.63) is 47.0 Å². The van der Waals surface area contributed by atoms with Gasteiger partial charge in [0.2, 0.25) is 5.78 Å². The topological polar surface area (TPSA) is 44.1 Å². The van der Waals surface area contributed by atoms with Crippen LogP contribution in [0.1, 0.15) is 28.7 Å². The molecule has 100 valence electrons. The smallest absolute Gasteiger partial charge is 0.214 e. The van der Waals surface area contributed by atoms with Crippen LogP contribution in [0.4, 0.5) is 4.39 Å². The molecule has 5 heteroatoms. The van der Waals surface area contributed by atoms with Gasteiger partial charge in [0.05, 0.1) is 18.4 Å². The number of aromatic nitrogens is 2. The van der Waals surface area contributed by atoms with Crippen LogP contribution in [0.3, 0.4) is 0 Å². The van der Waals surface area contributed by atoms with E-state index in [0.717, 1.165) is 5.69 Å². The lowest BCUT2D eigenvalue weighted by Crippen LogP contribution is -2.11. The molecule has 0 atom stereocenters. The Hall–Kier alpha value is -2.17. The van der Waals surface area contributed by atoms with Crippen molar-refractivity contribution in [1.82, 2.24) is 9.78 Å². The van der Waals surface area contributed by atoms with Gasteiger partial charge in [-0.3, -0.25) is 9.48 Å². The highest BCUT2D eigenvalue weighted by atomic mass is 19.1. The zero-order valence-corrected chi connectivity index (χ0v) is 11.1. The molecule has 1 heterocycles. The molecule has 0 saturated heterocycles. The van der Waals surface area contributed by atoms with Crippen LogP contribution in [0.25, 0.3) is 0 Å². The molecular weight excluding hydrogens is 247 g/mol. The van der Waals surface area contributed by atoms with Crippen LogP contribution in [0.5, 0.6) is 5.75 Å². The predicted molar refractivity (Wildman–Crippen MR) is 69.0 cm³/mol. The van der Waals surface area contributed by atoms with E-state index in [9.17, 15) is 9.18 Å². The predicted octanol–water partition coefficient (Wildman–Crippen LogP) is 2.59. The summed E-state index contributed by atoms with van der Waals surface area (Å²) in [5.74, 6) is -0.407. The molecule has 0 saturated carbocycles. The van der Waals surface area contributed by atoms with Crippen molar-refractivity contribution < 1.29 is 13.9 Å². The summed E-state index contributed by atoms with van der Waals surface area (Å²) >= 11 is 0. The first kappa shape index (κ1) is 13.3. The van der Waals surface area contributed by atoms with Crippen molar-refractivity contribution >= 4 is 5.78 Å². The van der Waals surface area contributed by atoms with E-state index in [-0.39, 0.29) is 11.3 Å². The first-order chi connectivity index (χ1) is 9.06. The van der Waals surface area contributed by atoms with Crippen molar-refractivity contribution in [3.63, 3.8) is 0 Å². The lowest BCUT2D eigenvalue weighted by molar-refractivity contribution is 0.102. The highest BCUT2D eigenvalue weighted by Crippen LogP contribution is 2.23. The van der Waals surface area contributed by atoms with Crippen molar-refractivity contribution in [1.29, 1.82) is 0 Å². The summed E-state index contributed by atoms with van der Waals surface area (Å²) < 4.78 is 20.0. The fourth-order valence-electron chi connectivity index (χ4n) is 1.96. The van der Waals surface area contributed by atoms with Crippen molar-refractivity contribution in [2.75, 3.05) is 7.11 Å². The highest BCUT2D eigenvalue weighted by Gasteiger charge is 2.19. The lowest BCUT2D eigenvalue weighted by Gasteiger charge is -2.08. The zero-order valence-electron chi connectivity index (χ0n) is 11.1. The number of hydrogen-bond donors (Lipinski definition) is 0. The largest absolute Gasteiger partial charge is 0.496 e. The molecule has 0 unspecified atom stereocenters. The van der Waals surface area contributed by atoms with E-state index in [2.05, 4.69) is 5.10 Å². The molecule has 2 rings (SSSR count). The Balaban J connectivity index is 2.52. The number of aryl methyl sites for hydroxylation is 2. The Kier molecular flexibility index (Phi) is 3.64. The average molecular weight is 262 g/mol. The molecule has 0 fully saturated rings. The number of nitrogens with zero attached hydrogens (tertiary/aromatic N) is 2. The fraction of sp³-hybridized carbons (Fsp3) is 0.286. The molecule has 0 aliphatic heterocycles. The van der Waals surface area contributed by atoms with Crippen LogP contribution < -0.4 is 4.74 Å². The molecule has 0 N–H and O–H groups in total. The van der Waals surface area contributed by atoms with E-state index < -0.39 is 5.82 Å². The van der Waals surface area contributed by atoms with Gasteiger partial charge in [0.15, 0.2) is 0 Å². The third-order valence-corrected chi connectivity index (χ3v) is 2.84. The average Bonchev–Trinajstić information content (AvgIpc) is 2.79. The number of ether oxygens (including phenoxy) is 1. The van der Waals surface area contributed by atoms with Gasteiger partial charge in [-0.2, -0.15) is 5.10 Å². The second kappa shape index (κ2) is 5.22. The molecule has 0 radical (unpaired) electrons. The molecule has 0 aliphatic rings. The summed E-state index contributed by atoms with van der Waals surface area (Å²) in [4.78, 5) is 12.5. The minimum absolute atomic E-state index is 0.206. The van der Waals surface area contributed by atoms with Gasteiger partial charge in [-0.15, -0.1) is 0 Å². The monoisotopic (exact) mass is 262 g/mol. The van der Waals surface area contributed by atoms with E-state index in [1.807, 2.05) is 13.8 Å². The molecule has 2 aromatic rings. The van der Waals surface area contributed by atoms with Gasteiger partial charge >= 0.3 is 0 Å². The SMILES string of the molecule is CCn1nc(C)cc1C(=O)c1cc(F)ccc1OC. The van der Waals surface area contributed by atoms with E-state index in [1.165, 1.54) is 25.3 Å². The van der Waals surface area contributed by atoms with Gasteiger partial charge in [0, 0.05) is 6.54 Å². The van der Waals surface area contributed by atoms with Crippen molar-refractivity contribution in [2.45, 2.75) is 20.4 Å². The number of carbonyl (C=O) groups is 1. The number of carbonyl (C=O) groups excluding carboxylic acids is 1. The first-order valence-corrected chi connectivity index (χ1v) is 5.99. The van der Waals surface area contributed by atoms with Crippen molar-refractivity contribution in [3.8, 4) is 5.75 Å². The van der Waals surface area contributed by atoms with Gasteiger partial charge in [-0.25, -0.2) is 4.39 Å². The van der Waals surface area contributed by atoms with E-state index in [4.69, 9.17) is 4.74 Å². The minimum atomic E-state index is -0.469. The van der Waals surface area contributed by atoms with Gasteiger partial charge in [-0.1, -0.05) is 0 Å². The maximum Gasteiger partial charge on any atom is 0.214 e. The minimum Gasteiger partial charge on any atom is -0.496 e. The maximum atomic E-state index is 13.3. The maximum absolute atomic E-state index is 13.3. The second-order valence-corrected chi connectivity index (χ2v) is 4.16. The highest BCUT2D eigenvalue weighted by molar-refractivity contribution is 6.09. The Morgan fingerprint density at radius 2 is 2.16 bits per heavy atom. The second-order valence-electron chi connectivity index (χ2n) is 4.16. The van der Waals surface area contributed by atoms with Crippen LogP contribution >= 0.6 is 0 Å². The van der Waals surface area contributed by atoms with Gasteiger partial charge < -0.3 is 4.74 Å². The van der Waals surface area contributed by atoms with Crippen molar-refractivity contribution in [2.24, 2.45) is 0 Å². The van der Waals surface area contributed by atoms with E-state index >= 15 is 0 Å². The number of rotatable bonds is 4. The standard InChI is InChI=1S/C14H15FN2O2/c1-4-17-12(7-9(2)16-17)14(18)11-8-10(15)5-6-13(11)19-3/h5-8H,4H2,1-3H3. The first-order valence-electron chi connectivity index (χ1n) is 5.99. The molecular formula is C14H15FN2O2. The molecule has 0 spiro atoms. The Labute approximate surface area is 110 Å². The summed E-state index contributed by atoms with van der Waals surface area (Å²) in [5, 5.41) is 4.21. The quantitative estimate of drug-likeness (QED) is 0.795. The van der Waals surface area contributed by atoms with E-state index in [0.29, 0.717) is 18.0 Å². The van der Waals surface area contributed by atoms with Crippen LogP contribution in [0.15, 0.2) is 24.3 Å². The summed E-state index contributed by atoms with van der Waals surface area (Å²) in [6.07, 6.45) is 0.